The van der Waals surface area contributed by atoms with Crippen LogP contribution in [0.15, 0.2) is 66.9 Å². The van der Waals surface area contributed by atoms with Gasteiger partial charge in [0.1, 0.15) is 6.54 Å². The molecular weight excluding hydrogens is 521 g/mol. The number of rotatable bonds is 11. The summed E-state index contributed by atoms with van der Waals surface area (Å²) in [6.45, 7) is 1.74. The molecule has 1 aliphatic carbocycles. The monoisotopic (exact) mass is 555 g/mol. The van der Waals surface area contributed by atoms with Gasteiger partial charge in [-0.15, -0.1) is 0 Å². The van der Waals surface area contributed by atoms with Crippen LogP contribution in [0.4, 0.5) is 0 Å². The van der Waals surface area contributed by atoms with Crippen LogP contribution in [-0.4, -0.2) is 59.0 Å². The predicted octanol–water partition coefficient (Wildman–Crippen LogP) is 6.29. The molecule has 2 amide bonds. The van der Waals surface area contributed by atoms with Gasteiger partial charge in [-0.3, -0.25) is 9.59 Å². The number of halogens is 2. The number of carbonyl (C=O) groups is 2. The van der Waals surface area contributed by atoms with Gasteiger partial charge in [-0.2, -0.15) is 0 Å². The summed E-state index contributed by atoms with van der Waals surface area (Å²) in [6, 6.07) is 18.8. The van der Waals surface area contributed by atoms with Crippen molar-refractivity contribution >= 4 is 35.0 Å². The van der Waals surface area contributed by atoms with Crippen LogP contribution in [0, 0.1) is 0 Å². The number of amides is 2. The standard InChI is InChI=1S/C30H35Cl2N3O3/c1-38-18-17-34(30(37)23-10-7-11-25(31)19-23)22-29(36)35(26-12-3-2-4-13-26)21-27-14-8-16-33(27)20-24-9-5-6-15-28(24)32/h5-11,14-16,19,26H,2-4,12-13,17-18,20-22H2,1H3. The minimum Gasteiger partial charge on any atom is -0.383 e. The van der Waals surface area contributed by atoms with Gasteiger partial charge in [0, 0.05) is 53.7 Å². The Hall–Kier alpha value is -2.80. The Bertz CT molecular complexity index is 1220. The van der Waals surface area contributed by atoms with Crippen molar-refractivity contribution in [3.05, 3.63) is 93.7 Å². The molecule has 1 aliphatic rings. The lowest BCUT2D eigenvalue weighted by molar-refractivity contribution is -0.135. The fourth-order valence-corrected chi connectivity index (χ4v) is 5.44. The van der Waals surface area contributed by atoms with Crippen LogP contribution in [-0.2, 0) is 22.6 Å². The Kier molecular flexibility index (Phi) is 10.3. The van der Waals surface area contributed by atoms with Gasteiger partial charge in [-0.25, -0.2) is 0 Å². The first-order valence-corrected chi connectivity index (χ1v) is 13.9. The van der Waals surface area contributed by atoms with E-state index in [1.54, 1.807) is 36.3 Å². The topological polar surface area (TPSA) is 54.8 Å². The molecule has 2 aromatic carbocycles. The van der Waals surface area contributed by atoms with Crippen molar-refractivity contribution in [1.29, 1.82) is 0 Å². The average Bonchev–Trinajstić information content (AvgIpc) is 3.37. The Balaban J connectivity index is 1.55. The third kappa shape index (κ3) is 7.40. The molecule has 3 aromatic rings. The van der Waals surface area contributed by atoms with E-state index in [-0.39, 0.29) is 24.4 Å². The van der Waals surface area contributed by atoms with Crippen LogP contribution in [0.5, 0.6) is 0 Å². The summed E-state index contributed by atoms with van der Waals surface area (Å²) in [6.07, 6.45) is 7.35. The minimum atomic E-state index is -0.233. The average molecular weight is 557 g/mol. The van der Waals surface area contributed by atoms with E-state index in [0.29, 0.717) is 36.8 Å². The molecule has 0 unspecified atom stereocenters. The number of benzene rings is 2. The summed E-state index contributed by atoms with van der Waals surface area (Å²) >= 11 is 12.6. The summed E-state index contributed by atoms with van der Waals surface area (Å²) < 4.78 is 7.39. The smallest absolute Gasteiger partial charge is 0.254 e. The van der Waals surface area contributed by atoms with Gasteiger partial charge in [-0.05, 0) is 54.8 Å². The van der Waals surface area contributed by atoms with E-state index in [1.165, 1.54) is 6.42 Å². The molecule has 8 heteroatoms. The summed E-state index contributed by atoms with van der Waals surface area (Å²) in [5, 5.41) is 1.21. The van der Waals surface area contributed by atoms with E-state index >= 15 is 0 Å². The van der Waals surface area contributed by atoms with Gasteiger partial charge >= 0.3 is 0 Å². The third-order valence-corrected chi connectivity index (χ3v) is 7.74. The number of hydrogen-bond acceptors (Lipinski definition) is 3. The SMILES string of the molecule is COCCN(CC(=O)N(Cc1cccn1Cc1ccccc1Cl)C1CCCCC1)C(=O)c1cccc(Cl)c1. The first kappa shape index (κ1) is 28.2. The second-order valence-corrected chi connectivity index (χ2v) is 10.6. The third-order valence-electron chi connectivity index (χ3n) is 7.14. The molecule has 1 heterocycles. The van der Waals surface area contributed by atoms with Crippen LogP contribution in [0.25, 0.3) is 0 Å². The Labute approximate surface area is 235 Å². The summed E-state index contributed by atoms with van der Waals surface area (Å²) in [5.41, 5.74) is 2.52. The molecule has 202 valence electrons. The lowest BCUT2D eigenvalue weighted by Crippen LogP contribution is -2.48. The Morgan fingerprint density at radius 1 is 1.00 bits per heavy atom. The normalized spacial score (nSPS) is 13.9. The number of carbonyl (C=O) groups excluding carboxylic acids is 2. The number of methoxy groups -OCH3 is 1. The highest BCUT2D eigenvalue weighted by Crippen LogP contribution is 2.26. The fourth-order valence-electron chi connectivity index (χ4n) is 5.06. The maximum atomic E-state index is 13.9. The maximum absolute atomic E-state index is 13.9. The highest BCUT2D eigenvalue weighted by atomic mass is 35.5. The first-order valence-electron chi connectivity index (χ1n) is 13.2. The molecule has 38 heavy (non-hydrogen) atoms. The summed E-state index contributed by atoms with van der Waals surface area (Å²) in [7, 11) is 1.59. The molecule has 0 atom stereocenters. The van der Waals surface area contributed by atoms with Crippen LogP contribution < -0.4 is 0 Å². The zero-order chi connectivity index (χ0) is 26.9. The largest absolute Gasteiger partial charge is 0.383 e. The molecule has 0 saturated heterocycles. The Morgan fingerprint density at radius 3 is 2.53 bits per heavy atom. The first-order chi connectivity index (χ1) is 18.5. The van der Waals surface area contributed by atoms with Gasteiger partial charge in [0.2, 0.25) is 5.91 Å². The number of aromatic nitrogens is 1. The lowest BCUT2D eigenvalue weighted by Gasteiger charge is -2.36. The van der Waals surface area contributed by atoms with Gasteiger partial charge < -0.3 is 19.1 Å². The van der Waals surface area contributed by atoms with Crippen LogP contribution in [0.3, 0.4) is 0 Å². The lowest BCUT2D eigenvalue weighted by atomic mass is 9.94. The molecule has 1 saturated carbocycles. The van der Waals surface area contributed by atoms with E-state index in [2.05, 4.69) is 10.6 Å². The Morgan fingerprint density at radius 2 is 1.79 bits per heavy atom. The van der Waals surface area contributed by atoms with Crippen molar-refractivity contribution < 1.29 is 14.3 Å². The highest BCUT2D eigenvalue weighted by Gasteiger charge is 2.29. The molecule has 0 spiro atoms. The van der Waals surface area contributed by atoms with Crippen LogP contribution in [0.2, 0.25) is 10.0 Å². The van der Waals surface area contributed by atoms with E-state index < -0.39 is 0 Å². The minimum absolute atomic E-state index is 0.0174. The van der Waals surface area contributed by atoms with Crippen LogP contribution >= 0.6 is 23.2 Å². The quantitative estimate of drug-likeness (QED) is 0.279. The van der Waals surface area contributed by atoms with Gasteiger partial charge in [0.05, 0.1) is 13.2 Å². The molecule has 0 radical (unpaired) electrons. The molecule has 0 aliphatic heterocycles. The highest BCUT2D eigenvalue weighted by molar-refractivity contribution is 6.31. The van der Waals surface area contributed by atoms with Crippen molar-refractivity contribution in [3.8, 4) is 0 Å². The van der Waals surface area contributed by atoms with Gasteiger partial charge in [0.15, 0.2) is 0 Å². The zero-order valence-corrected chi connectivity index (χ0v) is 23.3. The molecule has 1 fully saturated rings. The molecule has 4 rings (SSSR count). The second-order valence-electron chi connectivity index (χ2n) is 9.76. The van der Waals surface area contributed by atoms with E-state index in [1.807, 2.05) is 41.4 Å². The molecule has 0 N–H and O–H groups in total. The second kappa shape index (κ2) is 13.8. The van der Waals surface area contributed by atoms with E-state index in [0.717, 1.165) is 42.0 Å². The summed E-state index contributed by atoms with van der Waals surface area (Å²) in [4.78, 5) is 30.8. The van der Waals surface area contributed by atoms with Crippen molar-refractivity contribution in [1.82, 2.24) is 14.4 Å². The van der Waals surface area contributed by atoms with Crippen molar-refractivity contribution in [2.75, 3.05) is 26.8 Å². The number of nitrogens with zero attached hydrogens (tertiary/aromatic N) is 3. The molecular formula is C30H35Cl2N3O3. The van der Waals surface area contributed by atoms with Crippen LogP contribution in [0.1, 0.15) is 53.7 Å². The van der Waals surface area contributed by atoms with Gasteiger partial charge in [-0.1, -0.05) is 66.7 Å². The van der Waals surface area contributed by atoms with Crippen molar-refractivity contribution in [3.63, 3.8) is 0 Å². The van der Waals surface area contributed by atoms with Crippen molar-refractivity contribution in [2.45, 2.75) is 51.2 Å². The number of ether oxygens (including phenoxy) is 1. The molecule has 1 aromatic heterocycles. The molecule has 0 bridgehead atoms. The van der Waals surface area contributed by atoms with E-state index in [4.69, 9.17) is 27.9 Å². The van der Waals surface area contributed by atoms with Crippen molar-refractivity contribution in [2.24, 2.45) is 0 Å². The fraction of sp³-hybridized carbons (Fsp3) is 0.400. The zero-order valence-electron chi connectivity index (χ0n) is 21.8. The molecule has 6 nitrogen and oxygen atoms in total. The summed E-state index contributed by atoms with van der Waals surface area (Å²) in [5.74, 6) is -0.294. The predicted molar refractivity (Wildman–Crippen MR) is 152 cm³/mol. The van der Waals surface area contributed by atoms with E-state index in [9.17, 15) is 9.59 Å². The van der Waals surface area contributed by atoms with Gasteiger partial charge in [0.25, 0.3) is 5.91 Å². The number of hydrogen-bond donors (Lipinski definition) is 0. The maximum Gasteiger partial charge on any atom is 0.254 e.